The Morgan fingerprint density at radius 2 is 2.33 bits per heavy atom. The second-order valence-electron chi connectivity index (χ2n) is 2.07. The highest BCUT2D eigenvalue weighted by atomic mass is 79.9. The molecule has 0 aromatic carbocycles. The van der Waals surface area contributed by atoms with Gasteiger partial charge in [0.2, 0.25) is 0 Å². The molecule has 3 N–H and O–H groups in total. The number of unbranched alkanes of at least 4 members (excludes halogenated alkanes) is 1. The highest BCUT2D eigenvalue weighted by molar-refractivity contribution is 9.10. The molecule has 54 valence electrons. The van der Waals surface area contributed by atoms with E-state index in [1.54, 1.807) is 0 Å². The van der Waals surface area contributed by atoms with Crippen molar-refractivity contribution in [3.8, 4) is 0 Å². The maximum Gasteiger partial charge on any atom is 0.105 e. The van der Waals surface area contributed by atoms with Gasteiger partial charge >= 0.3 is 0 Å². The Morgan fingerprint density at radius 1 is 1.78 bits per heavy atom. The van der Waals surface area contributed by atoms with E-state index in [-0.39, 0.29) is 10.7 Å². The minimum Gasteiger partial charge on any atom is -0.387 e. The summed E-state index contributed by atoms with van der Waals surface area (Å²) in [6.07, 6.45) is 3.27. The number of nitrogens with one attached hydrogen (secondary N) is 1. The van der Waals surface area contributed by atoms with E-state index in [9.17, 15) is 0 Å². The standard InChI is InChI=1S/C6H13BrN2/c1-2-3-4-5(7)6(8)9/h5H,2-4H2,1H3,(H3,8,9). The second kappa shape index (κ2) is 4.79. The summed E-state index contributed by atoms with van der Waals surface area (Å²) < 4.78 is 0. The molecule has 0 amide bonds. The van der Waals surface area contributed by atoms with Gasteiger partial charge in [-0.25, -0.2) is 0 Å². The summed E-state index contributed by atoms with van der Waals surface area (Å²) in [5.41, 5.74) is 5.21. The Labute approximate surface area is 64.5 Å². The molecule has 0 aromatic rings. The number of hydrogen-bond acceptors (Lipinski definition) is 1. The molecule has 0 aliphatic heterocycles. The van der Waals surface area contributed by atoms with Crippen LogP contribution in [-0.2, 0) is 0 Å². The summed E-state index contributed by atoms with van der Waals surface area (Å²) in [5.74, 6) is 0.239. The summed E-state index contributed by atoms with van der Waals surface area (Å²) in [5, 5.41) is 7.01. The fourth-order valence-corrected chi connectivity index (χ4v) is 0.863. The summed E-state index contributed by atoms with van der Waals surface area (Å²) >= 11 is 3.29. The van der Waals surface area contributed by atoms with Crippen molar-refractivity contribution in [1.29, 1.82) is 5.41 Å². The monoisotopic (exact) mass is 192 g/mol. The quantitative estimate of drug-likeness (QED) is 0.399. The van der Waals surface area contributed by atoms with Crippen molar-refractivity contribution in [2.24, 2.45) is 5.73 Å². The predicted molar refractivity (Wildman–Crippen MR) is 44.2 cm³/mol. The number of halogens is 1. The molecule has 1 atom stereocenters. The molecule has 0 aliphatic carbocycles. The number of hydrogen-bond donors (Lipinski definition) is 2. The molecule has 0 aromatic heterocycles. The van der Waals surface area contributed by atoms with E-state index < -0.39 is 0 Å². The van der Waals surface area contributed by atoms with E-state index in [1.165, 1.54) is 0 Å². The lowest BCUT2D eigenvalue weighted by Crippen LogP contribution is -2.21. The molecular weight excluding hydrogens is 180 g/mol. The van der Waals surface area contributed by atoms with Crippen molar-refractivity contribution < 1.29 is 0 Å². The van der Waals surface area contributed by atoms with Gasteiger partial charge in [-0.1, -0.05) is 35.7 Å². The lowest BCUT2D eigenvalue weighted by molar-refractivity contribution is 0.751. The van der Waals surface area contributed by atoms with Crippen LogP contribution in [0.25, 0.3) is 0 Å². The van der Waals surface area contributed by atoms with Crippen LogP contribution in [-0.4, -0.2) is 10.7 Å². The van der Waals surface area contributed by atoms with Crippen molar-refractivity contribution in [3.63, 3.8) is 0 Å². The highest BCUT2D eigenvalue weighted by Gasteiger charge is 2.04. The van der Waals surface area contributed by atoms with Gasteiger partial charge in [-0.05, 0) is 6.42 Å². The number of amidine groups is 1. The van der Waals surface area contributed by atoms with Gasteiger partial charge in [0.05, 0.1) is 4.83 Å². The Hall–Kier alpha value is -0.0500. The van der Waals surface area contributed by atoms with Crippen LogP contribution >= 0.6 is 15.9 Å². The molecular formula is C6H13BrN2. The molecule has 0 heterocycles. The summed E-state index contributed by atoms with van der Waals surface area (Å²) in [6.45, 7) is 2.12. The summed E-state index contributed by atoms with van der Waals surface area (Å²) in [4.78, 5) is 0.0949. The minimum atomic E-state index is 0.0949. The lowest BCUT2D eigenvalue weighted by Gasteiger charge is -2.04. The maximum atomic E-state index is 7.01. The van der Waals surface area contributed by atoms with E-state index in [2.05, 4.69) is 22.9 Å². The fourth-order valence-electron chi connectivity index (χ4n) is 0.539. The SMILES string of the molecule is CCCCC(Br)C(=N)N. The maximum absolute atomic E-state index is 7.01. The molecule has 0 aliphatic rings. The van der Waals surface area contributed by atoms with Crippen LogP contribution < -0.4 is 5.73 Å². The van der Waals surface area contributed by atoms with E-state index >= 15 is 0 Å². The Kier molecular flexibility index (Phi) is 4.77. The van der Waals surface area contributed by atoms with Crippen molar-refractivity contribution in [2.75, 3.05) is 0 Å². The van der Waals surface area contributed by atoms with Crippen molar-refractivity contribution in [3.05, 3.63) is 0 Å². The van der Waals surface area contributed by atoms with Gasteiger partial charge in [0, 0.05) is 0 Å². The number of alkyl halides is 1. The van der Waals surface area contributed by atoms with Gasteiger partial charge in [0.25, 0.3) is 0 Å². The normalized spacial score (nSPS) is 13.1. The average Bonchev–Trinajstić information content (AvgIpc) is 1.82. The third-order valence-electron chi connectivity index (χ3n) is 1.15. The molecule has 0 spiro atoms. The molecule has 0 saturated carbocycles. The van der Waals surface area contributed by atoms with E-state index in [4.69, 9.17) is 11.1 Å². The van der Waals surface area contributed by atoms with Crippen LogP contribution in [0.2, 0.25) is 0 Å². The van der Waals surface area contributed by atoms with E-state index in [0.717, 1.165) is 19.3 Å². The zero-order chi connectivity index (χ0) is 7.28. The van der Waals surface area contributed by atoms with Crippen molar-refractivity contribution >= 4 is 21.8 Å². The van der Waals surface area contributed by atoms with Crippen LogP contribution in [0.3, 0.4) is 0 Å². The topological polar surface area (TPSA) is 49.9 Å². The largest absolute Gasteiger partial charge is 0.387 e. The first-order chi connectivity index (χ1) is 4.18. The van der Waals surface area contributed by atoms with Crippen LogP contribution in [0.4, 0.5) is 0 Å². The molecule has 0 bridgehead atoms. The first-order valence-corrected chi connectivity index (χ1v) is 4.08. The first kappa shape index (κ1) is 8.95. The molecule has 3 heteroatoms. The fraction of sp³-hybridized carbons (Fsp3) is 0.833. The Balaban J connectivity index is 3.27. The smallest absolute Gasteiger partial charge is 0.105 e. The summed E-state index contributed by atoms with van der Waals surface area (Å²) in [7, 11) is 0. The van der Waals surface area contributed by atoms with E-state index in [1.807, 2.05) is 0 Å². The van der Waals surface area contributed by atoms with Gasteiger partial charge < -0.3 is 5.73 Å². The van der Waals surface area contributed by atoms with Crippen LogP contribution in [0.1, 0.15) is 26.2 Å². The van der Waals surface area contributed by atoms with Crippen LogP contribution in [0.5, 0.6) is 0 Å². The number of nitrogens with two attached hydrogens (primary N) is 1. The zero-order valence-electron chi connectivity index (χ0n) is 5.65. The van der Waals surface area contributed by atoms with Crippen molar-refractivity contribution in [1.82, 2.24) is 0 Å². The van der Waals surface area contributed by atoms with Gasteiger partial charge in [-0.3, -0.25) is 5.41 Å². The summed E-state index contributed by atoms with van der Waals surface area (Å²) in [6, 6.07) is 0. The molecule has 0 fully saturated rings. The number of rotatable bonds is 4. The first-order valence-electron chi connectivity index (χ1n) is 3.16. The molecule has 1 unspecified atom stereocenters. The average molecular weight is 193 g/mol. The van der Waals surface area contributed by atoms with Gasteiger partial charge in [0.15, 0.2) is 0 Å². The zero-order valence-corrected chi connectivity index (χ0v) is 7.24. The molecule has 9 heavy (non-hydrogen) atoms. The molecule has 0 rings (SSSR count). The lowest BCUT2D eigenvalue weighted by atomic mass is 10.2. The molecule has 0 saturated heterocycles. The van der Waals surface area contributed by atoms with Gasteiger partial charge in [-0.15, -0.1) is 0 Å². The van der Waals surface area contributed by atoms with Gasteiger partial charge in [-0.2, -0.15) is 0 Å². The molecule has 2 nitrogen and oxygen atoms in total. The third kappa shape index (κ3) is 4.45. The van der Waals surface area contributed by atoms with E-state index in [0.29, 0.717) is 0 Å². The Morgan fingerprint density at radius 3 is 2.67 bits per heavy atom. The van der Waals surface area contributed by atoms with Crippen molar-refractivity contribution in [2.45, 2.75) is 31.0 Å². The Bertz CT molecular complexity index is 93.1. The van der Waals surface area contributed by atoms with Crippen LogP contribution in [0, 0.1) is 5.41 Å². The van der Waals surface area contributed by atoms with Crippen LogP contribution in [0.15, 0.2) is 0 Å². The highest BCUT2D eigenvalue weighted by Crippen LogP contribution is 2.08. The molecule has 0 radical (unpaired) electrons. The second-order valence-corrected chi connectivity index (χ2v) is 3.17. The minimum absolute atomic E-state index is 0.0949. The van der Waals surface area contributed by atoms with Gasteiger partial charge in [0.1, 0.15) is 5.84 Å². The predicted octanol–water partition coefficient (Wildman–Crippen LogP) is 1.88. The third-order valence-corrected chi connectivity index (χ3v) is 2.10.